The van der Waals surface area contributed by atoms with Gasteiger partial charge in [0.1, 0.15) is 4.21 Å². The summed E-state index contributed by atoms with van der Waals surface area (Å²) in [6.45, 7) is 8.20. The number of aryl methyl sites for hydroxylation is 1. The van der Waals surface area contributed by atoms with Crippen LogP contribution in [0.25, 0.3) is 0 Å². The Hall–Kier alpha value is -0.430. The zero-order valence-electron chi connectivity index (χ0n) is 11.2. The van der Waals surface area contributed by atoms with Gasteiger partial charge in [-0.3, -0.25) is 0 Å². The molecule has 0 atom stereocenters. The Balaban J connectivity index is 2.76. The molecule has 2 N–H and O–H groups in total. The van der Waals surface area contributed by atoms with Crippen molar-refractivity contribution in [3.8, 4) is 0 Å². The standard InChI is InChI=1S/C12H22N2O2S2/c1-4-6-13-9-11-10(3)8-12(17-11)18(15,16)14-7-5-2/h8,13-14H,4-7,9H2,1-3H3. The average molecular weight is 290 g/mol. The third kappa shape index (κ3) is 4.35. The number of nitrogens with one attached hydrogen (secondary N) is 2. The molecule has 0 aromatic carbocycles. The van der Waals surface area contributed by atoms with Crippen molar-refractivity contribution in [2.75, 3.05) is 13.1 Å². The fraction of sp³-hybridized carbons (Fsp3) is 0.667. The van der Waals surface area contributed by atoms with E-state index in [-0.39, 0.29) is 0 Å². The molecule has 4 nitrogen and oxygen atoms in total. The molecule has 0 bridgehead atoms. The van der Waals surface area contributed by atoms with Gasteiger partial charge in [0.25, 0.3) is 0 Å². The predicted octanol–water partition coefficient (Wildman–Crippen LogP) is 2.24. The third-order valence-electron chi connectivity index (χ3n) is 2.52. The van der Waals surface area contributed by atoms with E-state index in [1.165, 1.54) is 11.3 Å². The maximum atomic E-state index is 12.0. The van der Waals surface area contributed by atoms with Gasteiger partial charge in [-0.2, -0.15) is 0 Å². The molecule has 18 heavy (non-hydrogen) atoms. The van der Waals surface area contributed by atoms with Crippen molar-refractivity contribution in [2.45, 2.75) is 44.4 Å². The van der Waals surface area contributed by atoms with Gasteiger partial charge >= 0.3 is 0 Å². The van der Waals surface area contributed by atoms with Crippen LogP contribution in [-0.2, 0) is 16.6 Å². The van der Waals surface area contributed by atoms with Gasteiger partial charge in [0, 0.05) is 18.0 Å². The summed E-state index contributed by atoms with van der Waals surface area (Å²) >= 11 is 1.35. The van der Waals surface area contributed by atoms with Crippen LogP contribution in [0.2, 0.25) is 0 Å². The first kappa shape index (κ1) is 15.6. The molecule has 1 aromatic rings. The van der Waals surface area contributed by atoms with Crippen molar-refractivity contribution < 1.29 is 8.42 Å². The van der Waals surface area contributed by atoms with Gasteiger partial charge in [0.2, 0.25) is 10.0 Å². The highest BCUT2D eigenvalue weighted by molar-refractivity contribution is 7.91. The molecule has 0 aliphatic rings. The second kappa shape index (κ2) is 7.23. The monoisotopic (exact) mass is 290 g/mol. The Kier molecular flexibility index (Phi) is 6.28. The Morgan fingerprint density at radius 2 is 1.89 bits per heavy atom. The van der Waals surface area contributed by atoms with Crippen LogP contribution < -0.4 is 10.0 Å². The van der Waals surface area contributed by atoms with E-state index < -0.39 is 10.0 Å². The fourth-order valence-corrected chi connectivity index (χ4v) is 4.22. The highest BCUT2D eigenvalue weighted by Gasteiger charge is 2.17. The molecule has 0 fully saturated rings. The minimum Gasteiger partial charge on any atom is -0.312 e. The van der Waals surface area contributed by atoms with Crippen LogP contribution in [0.15, 0.2) is 10.3 Å². The van der Waals surface area contributed by atoms with Crippen LogP contribution in [0.3, 0.4) is 0 Å². The first-order valence-electron chi connectivity index (χ1n) is 6.31. The van der Waals surface area contributed by atoms with E-state index in [1.807, 2.05) is 13.8 Å². The van der Waals surface area contributed by atoms with Crippen molar-refractivity contribution in [2.24, 2.45) is 0 Å². The average Bonchev–Trinajstić information content (AvgIpc) is 2.70. The number of thiophene rings is 1. The summed E-state index contributed by atoms with van der Waals surface area (Å²) in [5.74, 6) is 0. The summed E-state index contributed by atoms with van der Waals surface area (Å²) in [5.41, 5.74) is 1.04. The highest BCUT2D eigenvalue weighted by Crippen LogP contribution is 2.25. The van der Waals surface area contributed by atoms with E-state index in [9.17, 15) is 8.42 Å². The summed E-state index contributed by atoms with van der Waals surface area (Å²) < 4.78 is 26.9. The van der Waals surface area contributed by atoms with Gasteiger partial charge in [-0.15, -0.1) is 11.3 Å². The van der Waals surface area contributed by atoms with E-state index in [0.717, 1.165) is 36.4 Å². The van der Waals surface area contributed by atoms with Crippen molar-refractivity contribution in [1.29, 1.82) is 0 Å². The van der Waals surface area contributed by atoms with Crippen molar-refractivity contribution in [3.63, 3.8) is 0 Å². The van der Waals surface area contributed by atoms with Crippen molar-refractivity contribution in [3.05, 3.63) is 16.5 Å². The highest BCUT2D eigenvalue weighted by atomic mass is 32.2. The summed E-state index contributed by atoms with van der Waals surface area (Å²) in [4.78, 5) is 1.10. The predicted molar refractivity (Wildman–Crippen MR) is 76.5 cm³/mol. The molecule has 6 heteroatoms. The number of hydrogen-bond acceptors (Lipinski definition) is 4. The Bertz CT molecular complexity index is 466. The molecule has 1 aromatic heterocycles. The first-order valence-corrected chi connectivity index (χ1v) is 8.61. The lowest BCUT2D eigenvalue weighted by Crippen LogP contribution is -2.23. The lowest BCUT2D eigenvalue weighted by atomic mass is 10.3. The maximum Gasteiger partial charge on any atom is 0.250 e. The molecular formula is C12H22N2O2S2. The van der Waals surface area contributed by atoms with Crippen molar-refractivity contribution in [1.82, 2.24) is 10.0 Å². The smallest absolute Gasteiger partial charge is 0.250 e. The molecule has 1 heterocycles. The summed E-state index contributed by atoms with van der Waals surface area (Å²) in [5, 5.41) is 3.30. The topological polar surface area (TPSA) is 58.2 Å². The van der Waals surface area contributed by atoms with E-state index in [1.54, 1.807) is 6.07 Å². The molecule has 0 aliphatic carbocycles. The molecule has 0 saturated heterocycles. The van der Waals surface area contributed by atoms with Crippen LogP contribution in [0.1, 0.15) is 37.1 Å². The lowest BCUT2D eigenvalue weighted by Gasteiger charge is -2.02. The summed E-state index contributed by atoms with van der Waals surface area (Å²) in [6, 6.07) is 1.76. The van der Waals surface area contributed by atoms with Gasteiger partial charge in [-0.05, 0) is 37.9 Å². The maximum absolute atomic E-state index is 12.0. The van der Waals surface area contributed by atoms with Gasteiger partial charge < -0.3 is 5.32 Å². The second-order valence-electron chi connectivity index (χ2n) is 4.25. The molecule has 104 valence electrons. The zero-order valence-corrected chi connectivity index (χ0v) is 12.9. The molecule has 0 radical (unpaired) electrons. The Morgan fingerprint density at radius 1 is 1.22 bits per heavy atom. The SMILES string of the molecule is CCCNCc1sc(S(=O)(=O)NCCC)cc1C. The fourth-order valence-electron chi connectivity index (χ4n) is 1.48. The van der Waals surface area contributed by atoms with Gasteiger partial charge in [-0.25, -0.2) is 13.1 Å². The van der Waals surface area contributed by atoms with Gasteiger partial charge in [0.05, 0.1) is 0 Å². The number of rotatable bonds is 8. The quantitative estimate of drug-likeness (QED) is 0.722. The number of sulfonamides is 1. The van der Waals surface area contributed by atoms with Gasteiger partial charge in [-0.1, -0.05) is 13.8 Å². The molecular weight excluding hydrogens is 268 g/mol. The summed E-state index contributed by atoms with van der Waals surface area (Å²) in [6.07, 6.45) is 1.88. The van der Waals surface area contributed by atoms with Crippen LogP contribution in [0, 0.1) is 6.92 Å². The van der Waals surface area contributed by atoms with Crippen LogP contribution in [0.4, 0.5) is 0 Å². The number of hydrogen-bond donors (Lipinski definition) is 2. The van der Waals surface area contributed by atoms with Crippen LogP contribution in [-0.4, -0.2) is 21.5 Å². The lowest BCUT2D eigenvalue weighted by molar-refractivity contribution is 0.583. The van der Waals surface area contributed by atoms with E-state index in [4.69, 9.17) is 0 Å². The summed E-state index contributed by atoms with van der Waals surface area (Å²) in [7, 11) is -3.31. The van der Waals surface area contributed by atoms with Gasteiger partial charge in [0.15, 0.2) is 0 Å². The van der Waals surface area contributed by atoms with Crippen molar-refractivity contribution >= 4 is 21.4 Å². The Morgan fingerprint density at radius 3 is 2.50 bits per heavy atom. The van der Waals surface area contributed by atoms with E-state index in [0.29, 0.717) is 10.8 Å². The largest absolute Gasteiger partial charge is 0.312 e. The molecule has 0 spiro atoms. The minimum absolute atomic E-state index is 0.418. The third-order valence-corrected chi connectivity index (χ3v) is 5.69. The van der Waals surface area contributed by atoms with E-state index >= 15 is 0 Å². The zero-order chi connectivity index (χ0) is 13.6. The van der Waals surface area contributed by atoms with Crippen LogP contribution >= 0.6 is 11.3 Å². The molecule has 0 unspecified atom stereocenters. The Labute approximate surface area is 114 Å². The minimum atomic E-state index is -3.31. The molecule has 0 aliphatic heterocycles. The normalized spacial score (nSPS) is 11.9. The second-order valence-corrected chi connectivity index (χ2v) is 7.38. The van der Waals surface area contributed by atoms with Crippen LogP contribution in [0.5, 0.6) is 0 Å². The molecule has 0 saturated carbocycles. The first-order chi connectivity index (χ1) is 8.51. The van der Waals surface area contributed by atoms with E-state index in [2.05, 4.69) is 17.0 Å². The molecule has 1 rings (SSSR count). The molecule has 0 amide bonds.